The van der Waals surface area contributed by atoms with Crippen LogP contribution in [-0.4, -0.2) is 51.3 Å². The number of sulfone groups is 1. The van der Waals surface area contributed by atoms with Gasteiger partial charge in [-0.05, 0) is 48.8 Å². The molecule has 1 fully saturated rings. The third-order valence-electron chi connectivity index (χ3n) is 5.09. The van der Waals surface area contributed by atoms with E-state index in [0.29, 0.717) is 32.2 Å². The van der Waals surface area contributed by atoms with Crippen molar-refractivity contribution in [2.75, 3.05) is 32.1 Å². The maximum atomic E-state index is 12.6. The molecule has 5 nitrogen and oxygen atoms in total. The van der Waals surface area contributed by atoms with Crippen LogP contribution in [0.15, 0.2) is 29.2 Å². The van der Waals surface area contributed by atoms with Crippen LogP contribution < -0.4 is 0 Å². The van der Waals surface area contributed by atoms with E-state index in [-0.39, 0.29) is 28.4 Å². The zero-order valence-electron chi connectivity index (χ0n) is 17.0. The van der Waals surface area contributed by atoms with Gasteiger partial charge in [0.15, 0.2) is 9.84 Å². The van der Waals surface area contributed by atoms with Crippen LogP contribution >= 0.6 is 0 Å². The van der Waals surface area contributed by atoms with Crippen molar-refractivity contribution in [2.45, 2.75) is 57.3 Å². The second-order valence-corrected chi connectivity index (χ2v) is 10.5. The average molecular weight is 396 g/mol. The van der Waals surface area contributed by atoms with Gasteiger partial charge in [-0.25, -0.2) is 8.42 Å². The highest BCUT2D eigenvalue weighted by Crippen LogP contribution is 2.24. The molecule has 0 bridgehead atoms. The van der Waals surface area contributed by atoms with Crippen LogP contribution in [0.2, 0.25) is 0 Å². The van der Waals surface area contributed by atoms with E-state index in [9.17, 15) is 13.2 Å². The first kappa shape index (κ1) is 21.9. The van der Waals surface area contributed by atoms with E-state index in [1.807, 2.05) is 19.1 Å². The first-order chi connectivity index (χ1) is 12.6. The summed E-state index contributed by atoms with van der Waals surface area (Å²) >= 11 is 0. The molecular weight excluding hydrogens is 362 g/mol. The molecule has 1 aliphatic heterocycles. The molecule has 6 heteroatoms. The van der Waals surface area contributed by atoms with Crippen molar-refractivity contribution in [2.24, 2.45) is 5.92 Å². The Balaban J connectivity index is 1.93. The molecule has 0 spiro atoms. The summed E-state index contributed by atoms with van der Waals surface area (Å²) in [4.78, 5) is 14.6. The Bertz CT molecular complexity index is 720. The number of nitrogens with zero attached hydrogens (tertiary/aromatic N) is 1. The summed E-state index contributed by atoms with van der Waals surface area (Å²) in [7, 11) is -3.46. The average Bonchev–Trinajstić information content (AvgIpc) is 2.64. The maximum absolute atomic E-state index is 12.6. The minimum Gasteiger partial charge on any atom is -0.381 e. The van der Waals surface area contributed by atoms with Crippen molar-refractivity contribution in [1.82, 2.24) is 4.90 Å². The molecule has 1 aliphatic rings. The Kier molecular flexibility index (Phi) is 7.46. The van der Waals surface area contributed by atoms with Gasteiger partial charge in [-0.3, -0.25) is 4.79 Å². The summed E-state index contributed by atoms with van der Waals surface area (Å²) in [6.07, 6.45) is 2.04. The fourth-order valence-corrected chi connectivity index (χ4v) is 4.60. The highest BCUT2D eigenvalue weighted by atomic mass is 32.2. The molecule has 1 saturated heterocycles. The van der Waals surface area contributed by atoms with Gasteiger partial charge in [0.05, 0.1) is 17.3 Å². The summed E-state index contributed by atoms with van der Waals surface area (Å²) in [5.41, 5.74) is 1.07. The van der Waals surface area contributed by atoms with Gasteiger partial charge in [0.2, 0.25) is 5.91 Å². The minimum absolute atomic E-state index is 0.0233. The lowest BCUT2D eigenvalue weighted by Gasteiger charge is -2.32. The van der Waals surface area contributed by atoms with Gasteiger partial charge in [0.25, 0.3) is 0 Å². The second-order valence-electron chi connectivity index (χ2n) is 8.35. The molecule has 1 aromatic rings. The van der Waals surface area contributed by atoms with E-state index in [2.05, 4.69) is 20.8 Å². The number of carbonyl (C=O) groups is 1. The van der Waals surface area contributed by atoms with Crippen molar-refractivity contribution in [3.05, 3.63) is 29.8 Å². The zero-order valence-corrected chi connectivity index (χ0v) is 17.8. The van der Waals surface area contributed by atoms with Crippen molar-refractivity contribution in [3.8, 4) is 0 Å². The van der Waals surface area contributed by atoms with Gasteiger partial charge >= 0.3 is 0 Å². The minimum atomic E-state index is -3.46. The standard InChI is InChI=1S/C21H33NO4S/c1-5-26-16-17-7-6-13-22(15-17)20(23)12-14-27(24,25)19-10-8-18(9-11-19)21(2,3)4/h8-11,17H,5-7,12-16H2,1-4H3. The van der Waals surface area contributed by atoms with Gasteiger partial charge in [0, 0.05) is 26.1 Å². The first-order valence-corrected chi connectivity index (χ1v) is 11.5. The summed E-state index contributed by atoms with van der Waals surface area (Å²) in [6, 6.07) is 7.02. The predicted octanol–water partition coefficient (Wildman–Crippen LogP) is 3.42. The lowest BCUT2D eigenvalue weighted by atomic mass is 9.87. The zero-order chi connectivity index (χ0) is 20.1. The van der Waals surface area contributed by atoms with E-state index in [0.717, 1.165) is 18.4 Å². The van der Waals surface area contributed by atoms with Crippen LogP contribution in [0.1, 0.15) is 52.5 Å². The molecule has 1 aromatic carbocycles. The molecule has 0 radical (unpaired) electrons. The largest absolute Gasteiger partial charge is 0.381 e. The van der Waals surface area contributed by atoms with E-state index in [1.165, 1.54) is 0 Å². The second kappa shape index (κ2) is 9.20. The molecule has 27 heavy (non-hydrogen) atoms. The molecular formula is C21H33NO4S. The summed E-state index contributed by atoms with van der Waals surface area (Å²) in [6.45, 7) is 11.0. The van der Waals surface area contributed by atoms with Gasteiger partial charge in [-0.2, -0.15) is 0 Å². The number of likely N-dealkylation sites (tertiary alicyclic amines) is 1. The topological polar surface area (TPSA) is 63.7 Å². The van der Waals surface area contributed by atoms with Gasteiger partial charge in [0.1, 0.15) is 0 Å². The quantitative estimate of drug-likeness (QED) is 0.710. The van der Waals surface area contributed by atoms with Crippen LogP contribution in [0.25, 0.3) is 0 Å². The summed E-state index contributed by atoms with van der Waals surface area (Å²) < 4.78 is 30.7. The van der Waals surface area contributed by atoms with Gasteiger partial charge in [-0.15, -0.1) is 0 Å². The summed E-state index contributed by atoms with van der Waals surface area (Å²) in [5.74, 6) is 0.128. The van der Waals surface area contributed by atoms with E-state index < -0.39 is 9.84 Å². The maximum Gasteiger partial charge on any atom is 0.223 e. The molecule has 0 saturated carbocycles. The molecule has 2 rings (SSSR count). The van der Waals surface area contributed by atoms with Crippen LogP contribution in [0.3, 0.4) is 0 Å². The predicted molar refractivity (Wildman–Crippen MR) is 108 cm³/mol. The molecule has 152 valence electrons. The smallest absolute Gasteiger partial charge is 0.223 e. The van der Waals surface area contributed by atoms with E-state index in [4.69, 9.17) is 4.74 Å². The van der Waals surface area contributed by atoms with Crippen LogP contribution in [0.5, 0.6) is 0 Å². The van der Waals surface area contributed by atoms with Crippen LogP contribution in [-0.2, 0) is 24.8 Å². The molecule has 0 aliphatic carbocycles. The van der Waals surface area contributed by atoms with E-state index >= 15 is 0 Å². The third-order valence-corrected chi connectivity index (χ3v) is 6.83. The van der Waals surface area contributed by atoms with Gasteiger partial charge < -0.3 is 9.64 Å². The van der Waals surface area contributed by atoms with Crippen molar-refractivity contribution >= 4 is 15.7 Å². The van der Waals surface area contributed by atoms with Crippen LogP contribution in [0, 0.1) is 5.92 Å². The number of amides is 1. The Morgan fingerprint density at radius 1 is 1.22 bits per heavy atom. The molecule has 1 atom stereocenters. The van der Waals surface area contributed by atoms with E-state index in [1.54, 1.807) is 17.0 Å². The number of rotatable bonds is 7. The number of hydrogen-bond acceptors (Lipinski definition) is 4. The SMILES string of the molecule is CCOCC1CCCN(C(=O)CCS(=O)(=O)c2ccc(C(C)(C)C)cc2)C1. The lowest BCUT2D eigenvalue weighted by Crippen LogP contribution is -2.41. The number of benzene rings is 1. The highest BCUT2D eigenvalue weighted by molar-refractivity contribution is 7.91. The molecule has 0 N–H and O–H groups in total. The van der Waals surface area contributed by atoms with Gasteiger partial charge in [-0.1, -0.05) is 32.9 Å². The lowest BCUT2D eigenvalue weighted by molar-refractivity contribution is -0.133. The summed E-state index contributed by atoms with van der Waals surface area (Å²) in [5, 5.41) is 0. The molecule has 1 heterocycles. The molecule has 1 unspecified atom stereocenters. The Morgan fingerprint density at radius 2 is 1.89 bits per heavy atom. The van der Waals surface area contributed by atoms with Crippen molar-refractivity contribution in [1.29, 1.82) is 0 Å². The number of ether oxygens (including phenoxy) is 1. The Hall–Kier alpha value is -1.40. The third kappa shape index (κ3) is 6.32. The Morgan fingerprint density at radius 3 is 2.48 bits per heavy atom. The normalized spacial score (nSPS) is 18.5. The van der Waals surface area contributed by atoms with Crippen molar-refractivity contribution in [3.63, 3.8) is 0 Å². The monoisotopic (exact) mass is 395 g/mol. The number of piperidine rings is 1. The number of carbonyl (C=O) groups excluding carboxylic acids is 1. The van der Waals surface area contributed by atoms with Crippen LogP contribution in [0.4, 0.5) is 0 Å². The number of hydrogen-bond donors (Lipinski definition) is 0. The fourth-order valence-electron chi connectivity index (χ4n) is 3.37. The molecule has 0 aromatic heterocycles. The molecule has 1 amide bonds. The first-order valence-electron chi connectivity index (χ1n) is 9.82. The Labute approximate surface area is 164 Å². The van der Waals surface area contributed by atoms with Crippen molar-refractivity contribution < 1.29 is 17.9 Å². The fraction of sp³-hybridized carbons (Fsp3) is 0.667. The highest BCUT2D eigenvalue weighted by Gasteiger charge is 2.25.